The number of aryl methyl sites for hydroxylation is 1. The van der Waals surface area contributed by atoms with E-state index < -0.39 is 4.92 Å². The van der Waals surface area contributed by atoms with Gasteiger partial charge in [0.25, 0.3) is 5.69 Å². The second kappa shape index (κ2) is 5.42. The minimum atomic E-state index is -0.391. The van der Waals surface area contributed by atoms with Crippen molar-refractivity contribution in [1.29, 1.82) is 0 Å². The maximum atomic E-state index is 10.7. The Morgan fingerprint density at radius 2 is 2.00 bits per heavy atom. The zero-order chi connectivity index (χ0) is 14.8. The quantitative estimate of drug-likeness (QED) is 0.671. The van der Waals surface area contributed by atoms with Gasteiger partial charge < -0.3 is 9.88 Å². The van der Waals surface area contributed by atoms with Gasteiger partial charge in [0, 0.05) is 37.1 Å². The molecule has 0 aliphatic carbocycles. The lowest BCUT2D eigenvalue weighted by atomic mass is 9.94. The molecule has 6 heteroatoms. The van der Waals surface area contributed by atoms with Crippen molar-refractivity contribution in [3.05, 3.63) is 58.2 Å². The number of hydrogen-bond donors (Lipinski definition) is 1. The van der Waals surface area contributed by atoms with Crippen LogP contribution >= 0.6 is 0 Å². The molecule has 0 saturated heterocycles. The zero-order valence-corrected chi connectivity index (χ0v) is 11.8. The van der Waals surface area contributed by atoms with Crippen LogP contribution < -0.4 is 5.32 Å². The first-order valence-corrected chi connectivity index (χ1v) is 6.36. The van der Waals surface area contributed by atoms with Crippen LogP contribution in [0.3, 0.4) is 0 Å². The van der Waals surface area contributed by atoms with E-state index in [9.17, 15) is 10.1 Å². The van der Waals surface area contributed by atoms with E-state index in [2.05, 4.69) is 10.3 Å². The maximum Gasteiger partial charge on any atom is 0.269 e. The largest absolute Gasteiger partial charge is 0.337 e. The van der Waals surface area contributed by atoms with E-state index in [4.69, 9.17) is 0 Å². The molecule has 106 valence electrons. The molecule has 1 N–H and O–H groups in total. The standard InChI is InChI=1S/C14H18N4O2/c1-14(2,16-10-13-15-8-9-17(13)3)11-4-6-12(7-5-11)18(19)20/h4-9,16H,10H2,1-3H3. The molecule has 0 aliphatic heterocycles. The molecule has 6 nitrogen and oxygen atoms in total. The van der Waals surface area contributed by atoms with Gasteiger partial charge in [-0.05, 0) is 19.4 Å². The van der Waals surface area contributed by atoms with Crippen LogP contribution in [0.5, 0.6) is 0 Å². The van der Waals surface area contributed by atoms with Crippen molar-refractivity contribution in [2.45, 2.75) is 25.9 Å². The first-order chi connectivity index (χ1) is 9.40. The smallest absolute Gasteiger partial charge is 0.269 e. The third kappa shape index (κ3) is 3.03. The molecular weight excluding hydrogens is 256 g/mol. The van der Waals surface area contributed by atoms with Gasteiger partial charge in [-0.15, -0.1) is 0 Å². The van der Waals surface area contributed by atoms with E-state index in [0.29, 0.717) is 6.54 Å². The predicted molar refractivity (Wildman–Crippen MR) is 76.2 cm³/mol. The van der Waals surface area contributed by atoms with E-state index >= 15 is 0 Å². The summed E-state index contributed by atoms with van der Waals surface area (Å²) in [5.41, 5.74) is 0.812. The number of nitro benzene ring substituents is 1. The normalized spacial score (nSPS) is 11.6. The highest BCUT2D eigenvalue weighted by atomic mass is 16.6. The minimum Gasteiger partial charge on any atom is -0.337 e. The molecule has 0 unspecified atom stereocenters. The minimum absolute atomic E-state index is 0.105. The lowest BCUT2D eigenvalue weighted by Gasteiger charge is -2.26. The number of hydrogen-bond acceptors (Lipinski definition) is 4. The van der Waals surface area contributed by atoms with Crippen molar-refractivity contribution in [3.8, 4) is 0 Å². The first-order valence-electron chi connectivity index (χ1n) is 6.36. The molecule has 1 aromatic carbocycles. The van der Waals surface area contributed by atoms with Crippen LogP contribution in [0.1, 0.15) is 25.2 Å². The van der Waals surface area contributed by atoms with Gasteiger partial charge in [-0.1, -0.05) is 12.1 Å². The highest BCUT2D eigenvalue weighted by Gasteiger charge is 2.21. The SMILES string of the molecule is Cn1ccnc1CNC(C)(C)c1ccc([N+](=O)[O-])cc1. The third-order valence-corrected chi connectivity index (χ3v) is 3.41. The van der Waals surface area contributed by atoms with Gasteiger partial charge in [-0.2, -0.15) is 0 Å². The number of aromatic nitrogens is 2. The summed E-state index contributed by atoms with van der Waals surface area (Å²) in [6.45, 7) is 4.71. The lowest BCUT2D eigenvalue weighted by molar-refractivity contribution is -0.384. The topological polar surface area (TPSA) is 73.0 Å². The average molecular weight is 274 g/mol. The summed E-state index contributed by atoms with van der Waals surface area (Å²) in [5.74, 6) is 0.944. The second-order valence-corrected chi connectivity index (χ2v) is 5.24. The van der Waals surface area contributed by atoms with Crippen molar-refractivity contribution >= 4 is 5.69 Å². The first kappa shape index (κ1) is 14.2. The van der Waals surface area contributed by atoms with Gasteiger partial charge in [0.05, 0.1) is 11.5 Å². The summed E-state index contributed by atoms with van der Waals surface area (Å²) in [6.07, 6.45) is 3.66. The summed E-state index contributed by atoms with van der Waals surface area (Å²) < 4.78 is 1.96. The Kier molecular flexibility index (Phi) is 3.85. The Morgan fingerprint density at radius 1 is 1.35 bits per heavy atom. The Balaban J connectivity index is 2.09. The second-order valence-electron chi connectivity index (χ2n) is 5.24. The van der Waals surface area contributed by atoms with Crippen LogP contribution in [0.15, 0.2) is 36.7 Å². The summed E-state index contributed by atoms with van der Waals surface area (Å²) in [4.78, 5) is 14.5. The van der Waals surface area contributed by atoms with Crippen LogP contribution in [-0.4, -0.2) is 14.5 Å². The van der Waals surface area contributed by atoms with E-state index in [1.54, 1.807) is 18.3 Å². The van der Waals surface area contributed by atoms with Gasteiger partial charge in [0.15, 0.2) is 0 Å². The van der Waals surface area contributed by atoms with E-state index in [-0.39, 0.29) is 11.2 Å². The molecule has 0 fully saturated rings. The van der Waals surface area contributed by atoms with Gasteiger partial charge in [0.1, 0.15) is 5.82 Å². The monoisotopic (exact) mass is 274 g/mol. The summed E-state index contributed by atoms with van der Waals surface area (Å²) in [6, 6.07) is 6.62. The fourth-order valence-electron chi connectivity index (χ4n) is 1.97. The third-order valence-electron chi connectivity index (χ3n) is 3.41. The molecule has 2 rings (SSSR count). The Hall–Kier alpha value is -2.21. The molecule has 0 atom stereocenters. The van der Waals surface area contributed by atoms with E-state index in [1.165, 1.54) is 12.1 Å². The number of nitrogens with zero attached hydrogens (tertiary/aromatic N) is 3. The number of nitrogens with one attached hydrogen (secondary N) is 1. The van der Waals surface area contributed by atoms with Crippen LogP contribution in [0.25, 0.3) is 0 Å². The number of nitro groups is 1. The maximum absolute atomic E-state index is 10.7. The van der Waals surface area contributed by atoms with E-state index in [1.807, 2.05) is 31.7 Å². The molecule has 0 amide bonds. The summed E-state index contributed by atoms with van der Waals surface area (Å²) in [5, 5.41) is 14.1. The van der Waals surface area contributed by atoms with Crippen molar-refractivity contribution in [1.82, 2.24) is 14.9 Å². The fraction of sp³-hybridized carbons (Fsp3) is 0.357. The van der Waals surface area contributed by atoms with Crippen LogP contribution in [0.4, 0.5) is 5.69 Å². The molecule has 0 spiro atoms. The fourth-order valence-corrected chi connectivity index (χ4v) is 1.97. The number of rotatable bonds is 5. The molecule has 1 aromatic heterocycles. The highest BCUT2D eigenvalue weighted by Crippen LogP contribution is 2.23. The molecule has 2 aromatic rings. The number of imidazole rings is 1. The Bertz CT molecular complexity index is 602. The molecule has 0 saturated carbocycles. The van der Waals surface area contributed by atoms with Gasteiger partial charge >= 0.3 is 0 Å². The van der Waals surface area contributed by atoms with Crippen molar-refractivity contribution in [2.24, 2.45) is 7.05 Å². The van der Waals surface area contributed by atoms with Crippen LogP contribution in [-0.2, 0) is 19.1 Å². The van der Waals surface area contributed by atoms with Gasteiger partial charge in [0.2, 0.25) is 0 Å². The molecule has 1 heterocycles. The molecule has 0 bridgehead atoms. The predicted octanol–water partition coefficient (Wildman–Crippen LogP) is 2.35. The summed E-state index contributed by atoms with van der Waals surface area (Å²) in [7, 11) is 1.95. The Morgan fingerprint density at radius 3 is 2.50 bits per heavy atom. The average Bonchev–Trinajstić information content (AvgIpc) is 2.82. The molecule has 0 radical (unpaired) electrons. The van der Waals surface area contributed by atoms with Crippen molar-refractivity contribution in [2.75, 3.05) is 0 Å². The molecular formula is C14H18N4O2. The van der Waals surface area contributed by atoms with Crippen molar-refractivity contribution in [3.63, 3.8) is 0 Å². The van der Waals surface area contributed by atoms with Crippen molar-refractivity contribution < 1.29 is 4.92 Å². The van der Waals surface area contributed by atoms with Crippen LogP contribution in [0.2, 0.25) is 0 Å². The Labute approximate surface area is 117 Å². The van der Waals surface area contributed by atoms with Gasteiger partial charge in [-0.3, -0.25) is 10.1 Å². The van der Waals surface area contributed by atoms with Crippen LogP contribution in [0, 0.1) is 10.1 Å². The summed E-state index contributed by atoms with van der Waals surface area (Å²) >= 11 is 0. The zero-order valence-electron chi connectivity index (χ0n) is 11.8. The number of benzene rings is 1. The van der Waals surface area contributed by atoms with E-state index in [0.717, 1.165) is 11.4 Å². The molecule has 20 heavy (non-hydrogen) atoms. The molecule has 0 aliphatic rings. The lowest BCUT2D eigenvalue weighted by Crippen LogP contribution is -2.36. The highest BCUT2D eigenvalue weighted by molar-refractivity contribution is 5.35. The van der Waals surface area contributed by atoms with Gasteiger partial charge in [-0.25, -0.2) is 4.98 Å². The number of non-ortho nitro benzene ring substituents is 1.